The molecule has 0 nitrogen and oxygen atoms in total. The molecule has 1 spiro atoms. The Morgan fingerprint density at radius 3 is 2.93 bits per heavy atom. The molecular formula is C13H19F. The zero-order valence-electron chi connectivity index (χ0n) is 9.15. The predicted molar refractivity (Wildman–Crippen MR) is 55.8 cm³/mol. The Kier molecular flexibility index (Phi) is 1.55. The van der Waals surface area contributed by atoms with Crippen molar-refractivity contribution in [2.75, 3.05) is 0 Å². The Balaban J connectivity index is 1.99. The first-order chi connectivity index (χ1) is 6.59. The van der Waals surface area contributed by atoms with Crippen molar-refractivity contribution in [3.63, 3.8) is 0 Å². The third-order valence-electron chi connectivity index (χ3n) is 5.24. The van der Waals surface area contributed by atoms with E-state index in [1.54, 1.807) is 0 Å². The molecule has 2 saturated carbocycles. The van der Waals surface area contributed by atoms with Crippen molar-refractivity contribution in [2.24, 2.45) is 16.7 Å². The molecule has 2 fully saturated rings. The molecule has 0 saturated heterocycles. The van der Waals surface area contributed by atoms with Crippen LogP contribution in [0.25, 0.3) is 0 Å². The van der Waals surface area contributed by atoms with Gasteiger partial charge in [-0.15, -0.1) is 0 Å². The number of alkyl halides is 1. The molecule has 14 heavy (non-hydrogen) atoms. The van der Waals surface area contributed by atoms with Crippen molar-refractivity contribution < 1.29 is 4.39 Å². The molecule has 0 aromatic carbocycles. The van der Waals surface area contributed by atoms with Crippen molar-refractivity contribution >= 4 is 0 Å². The molecule has 0 amide bonds. The molecule has 0 aliphatic heterocycles. The lowest BCUT2D eigenvalue weighted by Crippen LogP contribution is -2.24. The fourth-order valence-corrected chi connectivity index (χ4v) is 4.46. The topological polar surface area (TPSA) is 0 Å². The summed E-state index contributed by atoms with van der Waals surface area (Å²) in [6.45, 7) is 4.77. The number of halogens is 1. The van der Waals surface area contributed by atoms with Gasteiger partial charge in [-0.2, -0.15) is 0 Å². The predicted octanol–water partition coefficient (Wildman–Crippen LogP) is 3.87. The van der Waals surface area contributed by atoms with Crippen LogP contribution in [-0.4, -0.2) is 6.17 Å². The minimum Gasteiger partial charge on any atom is -0.247 e. The quantitative estimate of drug-likeness (QED) is 0.513. The molecule has 1 heteroatoms. The Bertz CT molecular complexity index is 302. The fraction of sp³-hybridized carbons (Fsp3) is 0.846. The van der Waals surface area contributed by atoms with Gasteiger partial charge in [0.25, 0.3) is 0 Å². The third kappa shape index (κ3) is 0.803. The van der Waals surface area contributed by atoms with E-state index >= 15 is 0 Å². The van der Waals surface area contributed by atoms with E-state index in [4.69, 9.17) is 0 Å². The Hall–Kier alpha value is -0.330. The van der Waals surface area contributed by atoms with E-state index in [0.717, 1.165) is 25.2 Å². The molecule has 3 aliphatic carbocycles. The zero-order chi connectivity index (χ0) is 9.97. The first-order valence-corrected chi connectivity index (χ1v) is 5.92. The van der Waals surface area contributed by atoms with Gasteiger partial charge in [0.05, 0.1) is 0 Å². The molecule has 0 bridgehead atoms. The van der Waals surface area contributed by atoms with Crippen LogP contribution < -0.4 is 0 Å². The monoisotopic (exact) mass is 194 g/mol. The maximum absolute atomic E-state index is 13.4. The lowest BCUT2D eigenvalue weighted by molar-refractivity contribution is 0.218. The smallest absolute Gasteiger partial charge is 0.104 e. The van der Waals surface area contributed by atoms with E-state index in [1.807, 2.05) is 0 Å². The molecule has 0 radical (unpaired) electrons. The van der Waals surface area contributed by atoms with E-state index in [-0.39, 0.29) is 0 Å². The standard InChI is InChI=1S/C13H19F/c1-12(2)11-5-3-4-9-8-10(14)6-7-13(9,11)12/h4,10-11H,3,5-8H2,1-2H3. The van der Waals surface area contributed by atoms with Crippen LogP contribution in [0.1, 0.15) is 46.0 Å². The van der Waals surface area contributed by atoms with Crippen molar-refractivity contribution in [1.82, 2.24) is 0 Å². The van der Waals surface area contributed by atoms with Crippen molar-refractivity contribution in [2.45, 2.75) is 52.1 Å². The number of hydrogen-bond donors (Lipinski definition) is 0. The summed E-state index contributed by atoms with van der Waals surface area (Å²) in [5, 5.41) is 0. The summed E-state index contributed by atoms with van der Waals surface area (Å²) in [5.41, 5.74) is 2.38. The highest BCUT2D eigenvalue weighted by Gasteiger charge is 2.72. The van der Waals surface area contributed by atoms with Gasteiger partial charge in [0.15, 0.2) is 0 Å². The summed E-state index contributed by atoms with van der Waals surface area (Å²) in [4.78, 5) is 0. The van der Waals surface area contributed by atoms with Crippen LogP contribution in [0.15, 0.2) is 11.6 Å². The van der Waals surface area contributed by atoms with Gasteiger partial charge in [-0.3, -0.25) is 0 Å². The zero-order valence-corrected chi connectivity index (χ0v) is 9.15. The van der Waals surface area contributed by atoms with Gasteiger partial charge in [0.2, 0.25) is 0 Å². The van der Waals surface area contributed by atoms with Crippen molar-refractivity contribution in [1.29, 1.82) is 0 Å². The van der Waals surface area contributed by atoms with Crippen molar-refractivity contribution in [3.05, 3.63) is 11.6 Å². The van der Waals surface area contributed by atoms with Crippen LogP contribution in [0, 0.1) is 16.7 Å². The summed E-state index contributed by atoms with van der Waals surface area (Å²) < 4.78 is 13.4. The van der Waals surface area contributed by atoms with Crippen LogP contribution in [-0.2, 0) is 0 Å². The fourth-order valence-electron chi connectivity index (χ4n) is 4.46. The number of rotatable bonds is 0. The van der Waals surface area contributed by atoms with Crippen LogP contribution in [0.5, 0.6) is 0 Å². The molecular weight excluding hydrogens is 175 g/mol. The van der Waals surface area contributed by atoms with Gasteiger partial charge >= 0.3 is 0 Å². The molecule has 0 N–H and O–H groups in total. The summed E-state index contributed by atoms with van der Waals surface area (Å²) in [6.07, 6.45) is 6.97. The minimum absolute atomic E-state index is 0.438. The van der Waals surface area contributed by atoms with E-state index in [1.165, 1.54) is 18.4 Å². The number of hydrogen-bond acceptors (Lipinski definition) is 0. The second kappa shape index (κ2) is 2.43. The summed E-state index contributed by atoms with van der Waals surface area (Å²) in [6, 6.07) is 0. The average Bonchev–Trinajstić information content (AvgIpc) is 2.63. The van der Waals surface area contributed by atoms with Crippen LogP contribution in [0.4, 0.5) is 4.39 Å². The summed E-state index contributed by atoms with van der Waals surface area (Å²) in [7, 11) is 0. The Morgan fingerprint density at radius 1 is 1.36 bits per heavy atom. The first kappa shape index (κ1) is 8.94. The van der Waals surface area contributed by atoms with Crippen LogP contribution in [0.3, 0.4) is 0 Å². The molecule has 0 aromatic heterocycles. The van der Waals surface area contributed by atoms with E-state index in [0.29, 0.717) is 10.8 Å². The van der Waals surface area contributed by atoms with Gasteiger partial charge in [-0.25, -0.2) is 4.39 Å². The largest absolute Gasteiger partial charge is 0.247 e. The van der Waals surface area contributed by atoms with Gasteiger partial charge in [-0.1, -0.05) is 25.5 Å². The summed E-state index contributed by atoms with van der Waals surface area (Å²) >= 11 is 0. The van der Waals surface area contributed by atoms with Crippen LogP contribution in [0.2, 0.25) is 0 Å². The van der Waals surface area contributed by atoms with E-state index in [2.05, 4.69) is 19.9 Å². The average molecular weight is 194 g/mol. The second-order valence-electron chi connectivity index (χ2n) is 5.89. The molecule has 3 aliphatic rings. The van der Waals surface area contributed by atoms with Gasteiger partial charge < -0.3 is 0 Å². The number of allylic oxidation sites excluding steroid dienone is 2. The SMILES string of the molecule is CC1(C)C2CCC=C3CC(F)CCC321. The molecule has 0 aromatic rings. The maximum Gasteiger partial charge on any atom is 0.104 e. The lowest BCUT2D eigenvalue weighted by atomic mass is 9.73. The second-order valence-corrected chi connectivity index (χ2v) is 5.89. The molecule has 3 unspecified atom stereocenters. The highest BCUT2D eigenvalue weighted by atomic mass is 19.1. The van der Waals surface area contributed by atoms with Gasteiger partial charge in [0.1, 0.15) is 6.17 Å². The lowest BCUT2D eigenvalue weighted by Gasteiger charge is -2.33. The van der Waals surface area contributed by atoms with Crippen LogP contribution >= 0.6 is 0 Å². The van der Waals surface area contributed by atoms with Gasteiger partial charge in [0, 0.05) is 11.8 Å². The Labute approximate surface area is 85.6 Å². The highest BCUT2D eigenvalue weighted by Crippen LogP contribution is 2.79. The van der Waals surface area contributed by atoms with Crippen molar-refractivity contribution in [3.8, 4) is 0 Å². The Morgan fingerprint density at radius 2 is 2.14 bits per heavy atom. The third-order valence-corrected chi connectivity index (χ3v) is 5.24. The molecule has 78 valence electrons. The summed E-state index contributed by atoms with van der Waals surface area (Å²) in [5.74, 6) is 0.863. The molecule has 3 atom stereocenters. The van der Waals surface area contributed by atoms with E-state index < -0.39 is 6.17 Å². The highest BCUT2D eigenvalue weighted by molar-refractivity contribution is 5.37. The molecule has 0 heterocycles. The first-order valence-electron chi connectivity index (χ1n) is 5.92. The van der Waals surface area contributed by atoms with Gasteiger partial charge in [-0.05, 0) is 37.0 Å². The van der Waals surface area contributed by atoms with E-state index in [9.17, 15) is 4.39 Å². The minimum atomic E-state index is -0.554. The molecule has 3 rings (SSSR count). The normalized spacial score (nSPS) is 48.9. The maximum atomic E-state index is 13.4.